The number of ether oxygens (including phenoxy) is 1. The largest absolute Gasteiger partial charge is 0.491 e. The number of para-hydroxylation sites is 1. The molecule has 3 aromatic carbocycles. The zero-order chi connectivity index (χ0) is 28.1. The van der Waals surface area contributed by atoms with Crippen molar-refractivity contribution in [2.45, 2.75) is 45.3 Å². The van der Waals surface area contributed by atoms with Gasteiger partial charge in [0.15, 0.2) is 6.61 Å². The Hall–Kier alpha value is -3.49. The van der Waals surface area contributed by atoms with Gasteiger partial charge in [0, 0.05) is 16.5 Å². The van der Waals surface area contributed by atoms with Crippen molar-refractivity contribution in [3.8, 4) is 22.4 Å². The van der Waals surface area contributed by atoms with Crippen LogP contribution in [0.4, 0.5) is 8.78 Å². The van der Waals surface area contributed by atoms with Crippen molar-refractivity contribution in [3.05, 3.63) is 96.3 Å². The summed E-state index contributed by atoms with van der Waals surface area (Å²) in [7, 11) is -5.39. The van der Waals surface area contributed by atoms with Gasteiger partial charge in [0.2, 0.25) is 0 Å². The monoisotopic (exact) mass is 541 g/mol. The van der Waals surface area contributed by atoms with Crippen molar-refractivity contribution >= 4 is 21.0 Å². The lowest BCUT2D eigenvalue weighted by Gasteiger charge is -2.23. The maximum atomic E-state index is 12.4. The van der Waals surface area contributed by atoms with Crippen LogP contribution in [0.5, 0.6) is 0 Å². The Kier molecular flexibility index (Phi) is 8.79. The quantitative estimate of drug-likeness (QED) is 0.190. The average molecular weight is 542 g/mol. The topological polar surface area (TPSA) is 79.4 Å². The molecule has 0 aliphatic carbocycles. The molecule has 1 aromatic heterocycles. The fourth-order valence-corrected chi connectivity index (χ4v) is 4.16. The molecule has 0 bridgehead atoms. The van der Waals surface area contributed by atoms with Gasteiger partial charge in [-0.25, -0.2) is 0 Å². The molecule has 2 N–H and O–H groups in total. The Labute approximate surface area is 222 Å². The van der Waals surface area contributed by atoms with E-state index < -0.39 is 22.0 Å². The van der Waals surface area contributed by atoms with Crippen molar-refractivity contribution < 1.29 is 26.5 Å². The standard InChI is InChI=1S/C24H23N.C6H10F2O4S/c1-24(2,3)20-15-9-7-13-18(20)22-19-14-8-10-16-21(19)25-23(22)17-11-5-4-6-12-17;1-3-5(2)12-4-6(7,8)13(9,10)11/h4-16,25H,1-3H3;3H,4H2,1-2H3,(H,9,10,11). The van der Waals surface area contributed by atoms with Crippen LogP contribution in [-0.4, -0.2) is 29.8 Å². The molecular formula is C30H33F2NO4S. The number of fused-ring (bicyclic) bond motifs is 1. The normalized spacial score (nSPS) is 12.7. The van der Waals surface area contributed by atoms with Crippen LogP contribution in [0.15, 0.2) is 90.7 Å². The number of halogens is 2. The third-order valence-corrected chi connectivity index (χ3v) is 6.90. The molecule has 4 aromatic rings. The lowest BCUT2D eigenvalue weighted by Crippen LogP contribution is -2.33. The second-order valence-corrected chi connectivity index (χ2v) is 11.4. The average Bonchev–Trinajstić information content (AvgIpc) is 3.26. The van der Waals surface area contributed by atoms with Crippen LogP contribution in [0, 0.1) is 0 Å². The number of allylic oxidation sites excluding steroid dienone is 2. The summed E-state index contributed by atoms with van der Waals surface area (Å²) in [5.41, 5.74) is 7.66. The molecule has 0 saturated heterocycles. The molecule has 0 radical (unpaired) electrons. The molecule has 4 rings (SSSR count). The first-order chi connectivity index (χ1) is 17.8. The summed E-state index contributed by atoms with van der Waals surface area (Å²) in [5.74, 6) is 0.156. The highest BCUT2D eigenvalue weighted by atomic mass is 32.2. The molecule has 8 heteroatoms. The van der Waals surface area contributed by atoms with Crippen molar-refractivity contribution in [1.29, 1.82) is 0 Å². The van der Waals surface area contributed by atoms with E-state index in [1.54, 1.807) is 6.92 Å². The maximum Gasteiger partial charge on any atom is 0.402 e. The third-order valence-electron chi connectivity index (χ3n) is 6.02. The fraction of sp³-hybridized carbons (Fsp3) is 0.267. The smallest absolute Gasteiger partial charge is 0.402 e. The highest BCUT2D eigenvalue weighted by molar-refractivity contribution is 7.86. The van der Waals surface area contributed by atoms with Crippen LogP contribution in [-0.2, 0) is 20.3 Å². The third kappa shape index (κ3) is 6.68. The number of aromatic nitrogens is 1. The van der Waals surface area contributed by atoms with Gasteiger partial charge >= 0.3 is 15.4 Å². The van der Waals surface area contributed by atoms with E-state index in [1.165, 1.54) is 51.9 Å². The predicted molar refractivity (Wildman–Crippen MR) is 150 cm³/mol. The minimum absolute atomic E-state index is 0.0862. The number of H-pyrrole nitrogens is 1. The van der Waals surface area contributed by atoms with Crippen molar-refractivity contribution in [1.82, 2.24) is 4.98 Å². The summed E-state index contributed by atoms with van der Waals surface area (Å²) in [5, 5.41) is -2.99. The van der Waals surface area contributed by atoms with Crippen molar-refractivity contribution in [3.63, 3.8) is 0 Å². The van der Waals surface area contributed by atoms with Crippen LogP contribution in [0.1, 0.15) is 40.2 Å². The number of nitrogens with one attached hydrogen (secondary N) is 1. The number of rotatable bonds is 6. The van der Waals surface area contributed by atoms with Crippen LogP contribution < -0.4 is 0 Å². The summed E-state index contributed by atoms with van der Waals surface area (Å²) >= 11 is 0. The van der Waals surface area contributed by atoms with Crippen molar-refractivity contribution in [2.75, 3.05) is 6.61 Å². The second-order valence-electron chi connectivity index (χ2n) is 9.88. The Balaban J connectivity index is 0.000000263. The first-order valence-corrected chi connectivity index (χ1v) is 13.6. The molecule has 5 nitrogen and oxygen atoms in total. The molecule has 0 aliphatic rings. The van der Waals surface area contributed by atoms with Gasteiger partial charge in [-0.3, -0.25) is 4.55 Å². The Morgan fingerprint density at radius 3 is 2.13 bits per heavy atom. The lowest BCUT2D eigenvalue weighted by atomic mass is 9.81. The molecule has 1 heterocycles. The number of alkyl halides is 2. The van der Waals surface area contributed by atoms with E-state index in [-0.39, 0.29) is 11.2 Å². The van der Waals surface area contributed by atoms with Gasteiger partial charge in [0.25, 0.3) is 0 Å². The molecule has 0 atom stereocenters. The predicted octanol–water partition coefficient (Wildman–Crippen LogP) is 8.21. The number of hydrogen-bond donors (Lipinski definition) is 2. The van der Waals surface area contributed by atoms with E-state index in [2.05, 4.69) is 109 Å². The molecule has 38 heavy (non-hydrogen) atoms. The molecule has 0 spiro atoms. The summed E-state index contributed by atoms with van der Waals surface area (Å²) in [6.45, 7) is 8.39. The van der Waals surface area contributed by atoms with Crippen LogP contribution in [0.3, 0.4) is 0 Å². The molecule has 202 valence electrons. The van der Waals surface area contributed by atoms with Crippen molar-refractivity contribution in [2.24, 2.45) is 0 Å². The van der Waals surface area contributed by atoms with Crippen LogP contribution in [0.25, 0.3) is 33.3 Å². The van der Waals surface area contributed by atoms with Gasteiger partial charge in [-0.05, 0) is 42.0 Å². The molecule has 0 saturated carbocycles. The van der Waals surface area contributed by atoms with E-state index in [0.29, 0.717) is 0 Å². The van der Waals surface area contributed by atoms with Gasteiger partial charge in [0.05, 0.1) is 11.5 Å². The van der Waals surface area contributed by atoms with Gasteiger partial charge in [0.1, 0.15) is 0 Å². The summed E-state index contributed by atoms with van der Waals surface area (Å²) in [6, 6.07) is 28.0. The molecule has 0 fully saturated rings. The fourth-order valence-electron chi connectivity index (χ4n) is 3.95. The maximum absolute atomic E-state index is 12.4. The van der Waals surface area contributed by atoms with E-state index in [9.17, 15) is 17.2 Å². The minimum atomic E-state index is -5.39. The first kappa shape index (κ1) is 29.1. The van der Waals surface area contributed by atoms with E-state index in [4.69, 9.17) is 4.55 Å². The zero-order valence-electron chi connectivity index (χ0n) is 22.1. The Morgan fingerprint density at radius 1 is 0.947 bits per heavy atom. The highest BCUT2D eigenvalue weighted by Gasteiger charge is 2.45. The summed E-state index contributed by atoms with van der Waals surface area (Å²) < 4.78 is 57.4. The van der Waals surface area contributed by atoms with E-state index >= 15 is 0 Å². The van der Waals surface area contributed by atoms with Gasteiger partial charge in [-0.15, -0.1) is 0 Å². The van der Waals surface area contributed by atoms with Crippen LogP contribution in [0.2, 0.25) is 0 Å². The second kappa shape index (κ2) is 11.5. The zero-order valence-corrected chi connectivity index (χ0v) is 22.9. The summed E-state index contributed by atoms with van der Waals surface area (Å²) in [4.78, 5) is 3.66. The number of aromatic amines is 1. The van der Waals surface area contributed by atoms with Crippen LogP contribution >= 0.6 is 0 Å². The Morgan fingerprint density at radius 2 is 1.53 bits per heavy atom. The highest BCUT2D eigenvalue weighted by Crippen LogP contribution is 2.42. The molecule has 0 amide bonds. The lowest BCUT2D eigenvalue weighted by molar-refractivity contribution is 0.00374. The number of hydrogen-bond acceptors (Lipinski definition) is 3. The molecule has 0 unspecified atom stereocenters. The number of benzene rings is 3. The first-order valence-electron chi connectivity index (χ1n) is 12.1. The van der Waals surface area contributed by atoms with E-state index in [0.717, 1.165) is 0 Å². The van der Waals surface area contributed by atoms with Gasteiger partial charge < -0.3 is 9.72 Å². The van der Waals surface area contributed by atoms with Gasteiger partial charge in [-0.2, -0.15) is 17.2 Å². The van der Waals surface area contributed by atoms with Gasteiger partial charge in [-0.1, -0.05) is 99.6 Å². The Bertz CT molecular complexity index is 1520. The SMILES string of the molecule is CC(C)(C)c1ccccc1-c1c(-c2ccccc2)[nH]c2ccccc12.CC=C(C)OCC(F)(F)S(=O)(=O)O. The summed E-state index contributed by atoms with van der Waals surface area (Å²) in [6.07, 6.45) is 1.39. The molecule has 0 aliphatic heterocycles. The van der Waals surface area contributed by atoms with E-state index in [1.807, 2.05) is 0 Å². The molecular weight excluding hydrogens is 508 g/mol. The minimum Gasteiger partial charge on any atom is -0.491 e.